The smallest absolute Gasteiger partial charge is 0.262 e. The summed E-state index contributed by atoms with van der Waals surface area (Å²) >= 11 is 0. The van der Waals surface area contributed by atoms with E-state index in [1.807, 2.05) is 30.3 Å². The molecule has 1 amide bonds. The Kier molecular flexibility index (Phi) is 5.20. The summed E-state index contributed by atoms with van der Waals surface area (Å²) in [4.78, 5) is 14.6. The number of hydrogen-bond acceptors (Lipinski definition) is 3. The van der Waals surface area contributed by atoms with Gasteiger partial charge < -0.3 is 14.4 Å². The molecular weight excluding hydrogens is 278 g/mol. The number of methoxy groups -OCH3 is 2. The Balaban J connectivity index is 2.45. The lowest BCUT2D eigenvalue weighted by atomic mass is 10.1. The Labute approximate surface area is 130 Å². The van der Waals surface area contributed by atoms with Gasteiger partial charge in [-0.15, -0.1) is 6.58 Å². The summed E-state index contributed by atoms with van der Waals surface area (Å²) in [5.74, 6) is 0.952. The number of hydrogen-bond donors (Lipinski definition) is 0. The van der Waals surface area contributed by atoms with E-state index in [-0.39, 0.29) is 5.91 Å². The molecule has 0 saturated heterocycles. The number of para-hydroxylation sites is 1. The van der Waals surface area contributed by atoms with Crippen molar-refractivity contribution >= 4 is 11.6 Å². The van der Waals surface area contributed by atoms with Crippen molar-refractivity contribution < 1.29 is 14.3 Å². The third-order valence-corrected chi connectivity index (χ3v) is 3.26. The van der Waals surface area contributed by atoms with E-state index in [0.717, 1.165) is 5.69 Å². The minimum atomic E-state index is -0.165. The largest absolute Gasteiger partial charge is 0.497 e. The highest BCUT2D eigenvalue weighted by atomic mass is 16.5. The summed E-state index contributed by atoms with van der Waals surface area (Å²) in [7, 11) is 3.10. The van der Waals surface area contributed by atoms with Crippen molar-refractivity contribution in [2.24, 2.45) is 0 Å². The number of carbonyl (C=O) groups excluding carboxylic acids is 1. The molecule has 2 aromatic carbocycles. The monoisotopic (exact) mass is 297 g/mol. The van der Waals surface area contributed by atoms with Crippen LogP contribution in [0.1, 0.15) is 10.4 Å². The fraction of sp³-hybridized carbons (Fsp3) is 0.167. The minimum Gasteiger partial charge on any atom is -0.497 e. The van der Waals surface area contributed by atoms with Crippen LogP contribution in [0.15, 0.2) is 61.2 Å². The zero-order chi connectivity index (χ0) is 15.9. The second kappa shape index (κ2) is 7.31. The first-order chi connectivity index (χ1) is 10.7. The summed E-state index contributed by atoms with van der Waals surface area (Å²) in [5, 5.41) is 0. The lowest BCUT2D eigenvalue weighted by Gasteiger charge is -2.22. The summed E-state index contributed by atoms with van der Waals surface area (Å²) in [6.45, 7) is 4.13. The number of nitrogens with zero attached hydrogens (tertiary/aromatic N) is 1. The Morgan fingerprint density at radius 2 is 1.86 bits per heavy atom. The summed E-state index contributed by atoms with van der Waals surface area (Å²) in [5.41, 5.74) is 1.25. The van der Waals surface area contributed by atoms with Crippen LogP contribution in [-0.2, 0) is 0 Å². The highest BCUT2D eigenvalue weighted by Crippen LogP contribution is 2.27. The van der Waals surface area contributed by atoms with Gasteiger partial charge in [-0.3, -0.25) is 4.79 Å². The van der Waals surface area contributed by atoms with E-state index >= 15 is 0 Å². The van der Waals surface area contributed by atoms with Gasteiger partial charge >= 0.3 is 0 Å². The van der Waals surface area contributed by atoms with Gasteiger partial charge in [-0.2, -0.15) is 0 Å². The van der Waals surface area contributed by atoms with Crippen molar-refractivity contribution in [3.63, 3.8) is 0 Å². The first kappa shape index (κ1) is 15.6. The third-order valence-electron chi connectivity index (χ3n) is 3.26. The van der Waals surface area contributed by atoms with E-state index in [1.54, 1.807) is 43.4 Å². The summed E-state index contributed by atoms with van der Waals surface area (Å²) < 4.78 is 10.5. The predicted molar refractivity (Wildman–Crippen MR) is 87.9 cm³/mol. The fourth-order valence-electron chi connectivity index (χ4n) is 2.17. The topological polar surface area (TPSA) is 38.8 Å². The molecule has 114 valence electrons. The van der Waals surface area contributed by atoms with Crippen LogP contribution in [0.4, 0.5) is 5.69 Å². The molecule has 2 aromatic rings. The van der Waals surface area contributed by atoms with Crippen LogP contribution in [0.5, 0.6) is 11.5 Å². The van der Waals surface area contributed by atoms with Crippen LogP contribution in [0.3, 0.4) is 0 Å². The molecule has 0 spiro atoms. The zero-order valence-electron chi connectivity index (χ0n) is 12.8. The highest BCUT2D eigenvalue weighted by molar-refractivity contribution is 6.08. The van der Waals surface area contributed by atoms with Crippen molar-refractivity contribution in [1.82, 2.24) is 0 Å². The maximum absolute atomic E-state index is 12.9. The normalized spacial score (nSPS) is 9.91. The average molecular weight is 297 g/mol. The third kappa shape index (κ3) is 3.28. The molecule has 0 fully saturated rings. The van der Waals surface area contributed by atoms with Crippen molar-refractivity contribution in [2.75, 3.05) is 25.7 Å². The van der Waals surface area contributed by atoms with E-state index in [2.05, 4.69) is 6.58 Å². The molecule has 0 unspecified atom stereocenters. The summed E-state index contributed by atoms with van der Waals surface area (Å²) in [6, 6.07) is 14.6. The Hall–Kier alpha value is -2.75. The molecule has 0 saturated carbocycles. The number of benzene rings is 2. The molecule has 22 heavy (non-hydrogen) atoms. The first-order valence-electron chi connectivity index (χ1n) is 6.91. The molecular formula is C18H19NO3. The molecule has 0 aliphatic heterocycles. The predicted octanol–water partition coefficient (Wildman–Crippen LogP) is 3.54. The number of amides is 1. The maximum Gasteiger partial charge on any atom is 0.262 e. The van der Waals surface area contributed by atoms with Crippen LogP contribution in [0.2, 0.25) is 0 Å². The van der Waals surface area contributed by atoms with Gasteiger partial charge in [0.2, 0.25) is 0 Å². The Morgan fingerprint density at radius 1 is 1.14 bits per heavy atom. The molecule has 0 radical (unpaired) electrons. The second-order valence-electron chi connectivity index (χ2n) is 4.61. The first-order valence-corrected chi connectivity index (χ1v) is 6.91. The number of rotatable bonds is 6. The quantitative estimate of drug-likeness (QED) is 0.766. The Bertz CT molecular complexity index is 653. The van der Waals surface area contributed by atoms with Crippen LogP contribution >= 0.6 is 0 Å². The second-order valence-corrected chi connectivity index (χ2v) is 4.61. The zero-order valence-corrected chi connectivity index (χ0v) is 12.8. The molecule has 0 bridgehead atoms. The standard InChI is InChI=1S/C18H19NO3/c1-4-12-19(14-8-6-5-7-9-14)18(20)16-13-15(21-2)10-11-17(16)22-3/h4-11,13H,1,12H2,2-3H3. The summed E-state index contributed by atoms with van der Waals surface area (Å²) in [6.07, 6.45) is 1.69. The number of anilines is 1. The molecule has 2 rings (SSSR count). The molecule has 0 atom stereocenters. The van der Waals surface area contributed by atoms with Gasteiger partial charge in [0, 0.05) is 12.2 Å². The van der Waals surface area contributed by atoms with E-state index in [1.165, 1.54) is 0 Å². The van der Waals surface area contributed by atoms with Crippen LogP contribution in [0.25, 0.3) is 0 Å². The van der Waals surface area contributed by atoms with Gasteiger partial charge in [-0.1, -0.05) is 24.3 Å². The molecule has 0 aliphatic carbocycles. The van der Waals surface area contributed by atoms with E-state index < -0.39 is 0 Å². The van der Waals surface area contributed by atoms with Gasteiger partial charge in [-0.05, 0) is 30.3 Å². The highest BCUT2D eigenvalue weighted by Gasteiger charge is 2.21. The lowest BCUT2D eigenvalue weighted by molar-refractivity contribution is 0.0986. The number of ether oxygens (including phenoxy) is 2. The van der Waals surface area contributed by atoms with Crippen LogP contribution in [-0.4, -0.2) is 26.7 Å². The molecule has 0 heterocycles. The van der Waals surface area contributed by atoms with Gasteiger partial charge in [0.1, 0.15) is 11.5 Å². The van der Waals surface area contributed by atoms with Gasteiger partial charge in [0.25, 0.3) is 5.91 Å². The van der Waals surface area contributed by atoms with Crippen molar-refractivity contribution in [1.29, 1.82) is 0 Å². The van der Waals surface area contributed by atoms with Gasteiger partial charge in [0.05, 0.1) is 19.8 Å². The molecule has 0 aromatic heterocycles. The number of carbonyl (C=O) groups is 1. The Morgan fingerprint density at radius 3 is 2.45 bits per heavy atom. The average Bonchev–Trinajstić information content (AvgIpc) is 2.59. The fourth-order valence-corrected chi connectivity index (χ4v) is 2.17. The van der Waals surface area contributed by atoms with E-state index in [0.29, 0.717) is 23.6 Å². The SMILES string of the molecule is C=CCN(C(=O)c1cc(OC)ccc1OC)c1ccccc1. The molecule has 4 heteroatoms. The van der Waals surface area contributed by atoms with Crippen molar-refractivity contribution in [2.45, 2.75) is 0 Å². The molecule has 0 N–H and O–H groups in total. The van der Waals surface area contributed by atoms with Crippen LogP contribution in [0, 0.1) is 0 Å². The van der Waals surface area contributed by atoms with E-state index in [4.69, 9.17) is 9.47 Å². The van der Waals surface area contributed by atoms with E-state index in [9.17, 15) is 4.79 Å². The molecule has 0 aliphatic rings. The van der Waals surface area contributed by atoms with Crippen molar-refractivity contribution in [3.05, 3.63) is 66.7 Å². The molecule has 4 nitrogen and oxygen atoms in total. The lowest BCUT2D eigenvalue weighted by Crippen LogP contribution is -2.31. The maximum atomic E-state index is 12.9. The minimum absolute atomic E-state index is 0.165. The van der Waals surface area contributed by atoms with Gasteiger partial charge in [-0.25, -0.2) is 0 Å². The van der Waals surface area contributed by atoms with Crippen molar-refractivity contribution in [3.8, 4) is 11.5 Å². The van der Waals surface area contributed by atoms with Crippen LogP contribution < -0.4 is 14.4 Å². The van der Waals surface area contributed by atoms with Gasteiger partial charge in [0.15, 0.2) is 0 Å².